The molecule has 2 aromatic rings. The molecule has 11 heteroatoms. The van der Waals surface area contributed by atoms with Crippen LogP contribution in [0.15, 0.2) is 42.5 Å². The second kappa shape index (κ2) is 10.0. The van der Waals surface area contributed by atoms with Gasteiger partial charge in [0.1, 0.15) is 11.5 Å². The summed E-state index contributed by atoms with van der Waals surface area (Å²) in [6, 6.07) is 7.87. The minimum atomic E-state index is -4.55. The monoisotopic (exact) mass is 420 g/mol. The Kier molecular flexibility index (Phi) is 8.35. The predicted molar refractivity (Wildman–Crippen MR) is 95.2 cm³/mol. The third-order valence-electron chi connectivity index (χ3n) is 3.24. The van der Waals surface area contributed by atoms with Crippen molar-refractivity contribution in [1.29, 1.82) is 0 Å². The minimum absolute atomic E-state index is 0.0610. The fraction of sp³-hybridized carbons (Fsp3) is 0.235. The molecule has 7 nitrogen and oxygen atoms in total. The zero-order valence-electron chi connectivity index (χ0n) is 14.7. The molecule has 0 fully saturated rings. The number of ether oxygens (including phenoxy) is 2. The van der Waals surface area contributed by atoms with Crippen molar-refractivity contribution in [3.8, 4) is 11.5 Å². The van der Waals surface area contributed by atoms with E-state index in [4.69, 9.17) is 16.3 Å². The summed E-state index contributed by atoms with van der Waals surface area (Å²) in [4.78, 5) is 22.0. The highest BCUT2D eigenvalue weighted by Gasteiger charge is 2.32. The van der Waals surface area contributed by atoms with Crippen LogP contribution in [-0.4, -0.2) is 31.1 Å². The molecule has 0 saturated heterocycles. The Morgan fingerprint density at radius 3 is 2.36 bits per heavy atom. The van der Waals surface area contributed by atoms with Crippen LogP contribution in [0, 0.1) is 10.1 Å². The van der Waals surface area contributed by atoms with Gasteiger partial charge in [0.05, 0.1) is 15.5 Å². The first-order valence-corrected chi connectivity index (χ1v) is 7.94. The Hall–Kier alpha value is -2.69. The molecule has 0 radical (unpaired) electrons. The highest BCUT2D eigenvalue weighted by atomic mass is 35.5. The molecule has 1 atom stereocenters. The first-order valence-electron chi connectivity index (χ1n) is 7.56. The normalized spacial score (nSPS) is 11.8. The summed E-state index contributed by atoms with van der Waals surface area (Å²) in [5.74, 6) is -0.904. The van der Waals surface area contributed by atoms with Gasteiger partial charge in [-0.1, -0.05) is 23.7 Å². The van der Waals surface area contributed by atoms with E-state index in [9.17, 15) is 28.1 Å². The number of benzene rings is 2. The maximum Gasteiger partial charge on any atom is 0.416 e. The number of ketones is 1. The van der Waals surface area contributed by atoms with Gasteiger partial charge in [-0.2, -0.15) is 13.2 Å². The highest BCUT2D eigenvalue weighted by molar-refractivity contribution is 6.32. The molecule has 0 aliphatic heterocycles. The number of rotatable bonds is 6. The summed E-state index contributed by atoms with van der Waals surface area (Å²) in [7, 11) is 2.52. The Labute approximate surface area is 163 Å². The second-order valence-electron chi connectivity index (χ2n) is 5.01. The van der Waals surface area contributed by atoms with Gasteiger partial charge in [-0.05, 0) is 37.4 Å². The number of alkyl halides is 3. The van der Waals surface area contributed by atoms with Crippen molar-refractivity contribution < 1.29 is 32.4 Å². The van der Waals surface area contributed by atoms with Crippen molar-refractivity contribution >= 4 is 17.4 Å². The number of hydrogen-bond donors (Lipinski definition) is 1. The van der Waals surface area contributed by atoms with Crippen LogP contribution in [0.2, 0.25) is 5.02 Å². The Morgan fingerprint density at radius 1 is 1.21 bits per heavy atom. The van der Waals surface area contributed by atoms with Crippen LogP contribution in [0.1, 0.15) is 15.9 Å². The number of carbonyl (C=O) groups is 1. The summed E-state index contributed by atoms with van der Waals surface area (Å²) >= 11 is 5.80. The van der Waals surface area contributed by atoms with E-state index in [2.05, 4.69) is 10.5 Å². The van der Waals surface area contributed by atoms with Crippen LogP contribution < -0.4 is 10.5 Å². The molecule has 28 heavy (non-hydrogen) atoms. The van der Waals surface area contributed by atoms with E-state index in [1.165, 1.54) is 31.3 Å². The van der Waals surface area contributed by atoms with Crippen LogP contribution in [0.25, 0.3) is 0 Å². The fourth-order valence-electron chi connectivity index (χ4n) is 2.03. The van der Waals surface area contributed by atoms with Gasteiger partial charge < -0.3 is 15.2 Å². The first-order chi connectivity index (χ1) is 13.1. The fourth-order valence-corrected chi connectivity index (χ4v) is 2.25. The topological polar surface area (TPSA) is 105 Å². The zero-order valence-corrected chi connectivity index (χ0v) is 15.5. The molecule has 0 aliphatic rings. The Bertz CT molecular complexity index is 846. The van der Waals surface area contributed by atoms with Gasteiger partial charge in [-0.3, -0.25) is 14.9 Å². The smallest absolute Gasteiger partial charge is 0.416 e. The molecule has 2 rings (SSSR count). The molecule has 0 bridgehead atoms. The molecular formula is C17H16ClF3N2O5. The van der Waals surface area contributed by atoms with Gasteiger partial charge in [0, 0.05) is 12.7 Å². The first kappa shape index (κ1) is 23.3. The summed E-state index contributed by atoms with van der Waals surface area (Å²) < 4.78 is 47.8. The molecule has 0 saturated carbocycles. The molecule has 0 amide bonds. The number of nitrogens with two attached hydrogens (primary N) is 1. The number of Topliss-reactive ketones (excluding diaryl/α,β-unsaturated/α-hetero) is 1. The van der Waals surface area contributed by atoms with E-state index in [1.54, 1.807) is 0 Å². The SMILES string of the molecule is CN.COC(C(=O)c1cccc(Oc2ccc(C(F)(F)F)cc2Cl)c1)[N+](=O)[O-]. The van der Waals surface area contributed by atoms with E-state index < -0.39 is 28.7 Å². The van der Waals surface area contributed by atoms with E-state index in [0.29, 0.717) is 6.07 Å². The van der Waals surface area contributed by atoms with Gasteiger partial charge in [0.25, 0.3) is 5.78 Å². The quantitative estimate of drug-likeness (QED) is 0.325. The average molecular weight is 421 g/mol. The molecule has 0 aromatic heterocycles. The van der Waals surface area contributed by atoms with Crippen LogP contribution in [-0.2, 0) is 10.9 Å². The van der Waals surface area contributed by atoms with E-state index in [1.807, 2.05) is 0 Å². The van der Waals surface area contributed by atoms with E-state index >= 15 is 0 Å². The third-order valence-corrected chi connectivity index (χ3v) is 3.54. The van der Waals surface area contributed by atoms with Crippen molar-refractivity contribution in [2.75, 3.05) is 14.2 Å². The van der Waals surface area contributed by atoms with Crippen LogP contribution in [0.4, 0.5) is 13.2 Å². The Balaban J connectivity index is 0.00000190. The zero-order chi connectivity index (χ0) is 21.5. The van der Waals surface area contributed by atoms with Gasteiger partial charge >= 0.3 is 12.4 Å². The number of methoxy groups -OCH3 is 1. The number of nitrogens with zero attached hydrogens (tertiary/aromatic N) is 1. The molecule has 152 valence electrons. The minimum Gasteiger partial charge on any atom is -0.456 e. The van der Waals surface area contributed by atoms with Crippen LogP contribution in [0.3, 0.4) is 0 Å². The molecular weight excluding hydrogens is 405 g/mol. The number of halogens is 4. The van der Waals surface area contributed by atoms with E-state index in [0.717, 1.165) is 19.2 Å². The lowest BCUT2D eigenvalue weighted by atomic mass is 10.1. The van der Waals surface area contributed by atoms with Crippen molar-refractivity contribution in [3.05, 3.63) is 68.7 Å². The van der Waals surface area contributed by atoms with Gasteiger partial charge in [-0.25, -0.2) is 0 Å². The van der Waals surface area contributed by atoms with Gasteiger partial charge in [-0.15, -0.1) is 0 Å². The van der Waals surface area contributed by atoms with Crippen LogP contribution >= 0.6 is 11.6 Å². The summed E-state index contributed by atoms with van der Waals surface area (Å²) in [6.07, 6.45) is -6.42. The molecule has 0 heterocycles. The van der Waals surface area contributed by atoms with Crippen molar-refractivity contribution in [3.63, 3.8) is 0 Å². The van der Waals surface area contributed by atoms with Gasteiger partial charge in [0.15, 0.2) is 0 Å². The molecule has 2 N–H and O–H groups in total. The lowest BCUT2D eigenvalue weighted by Crippen LogP contribution is -2.31. The number of nitro groups is 1. The molecule has 2 aromatic carbocycles. The lowest BCUT2D eigenvalue weighted by Gasteiger charge is -2.12. The third kappa shape index (κ3) is 5.91. The summed E-state index contributed by atoms with van der Waals surface area (Å²) in [5.41, 5.74) is 3.50. The maximum absolute atomic E-state index is 12.6. The van der Waals surface area contributed by atoms with Crippen molar-refractivity contribution in [2.45, 2.75) is 12.4 Å². The van der Waals surface area contributed by atoms with Crippen molar-refractivity contribution in [2.24, 2.45) is 5.73 Å². The standard InChI is InChI=1S/C16H11ClF3NO5.CH5N/c1-25-15(21(23)24)14(22)9-3-2-4-11(7-9)26-13-6-5-10(8-12(13)17)16(18,19)20;1-2/h2-8,15H,1H3;2H2,1H3. The summed E-state index contributed by atoms with van der Waals surface area (Å²) in [5, 5.41) is 10.5. The lowest BCUT2D eigenvalue weighted by molar-refractivity contribution is -0.553. The predicted octanol–water partition coefficient (Wildman–Crippen LogP) is 4.16. The average Bonchev–Trinajstić information content (AvgIpc) is 2.64. The maximum atomic E-state index is 12.6. The van der Waals surface area contributed by atoms with Gasteiger partial charge in [0.2, 0.25) is 0 Å². The number of hydrogen-bond acceptors (Lipinski definition) is 6. The largest absolute Gasteiger partial charge is 0.456 e. The molecule has 1 unspecified atom stereocenters. The Morgan fingerprint density at radius 2 is 1.86 bits per heavy atom. The number of carbonyl (C=O) groups excluding carboxylic acids is 1. The van der Waals surface area contributed by atoms with Crippen LogP contribution in [0.5, 0.6) is 11.5 Å². The molecule has 0 aliphatic carbocycles. The second-order valence-corrected chi connectivity index (χ2v) is 5.42. The summed E-state index contributed by atoms with van der Waals surface area (Å²) in [6.45, 7) is 0. The van der Waals surface area contributed by atoms with E-state index in [-0.39, 0.29) is 22.1 Å². The highest BCUT2D eigenvalue weighted by Crippen LogP contribution is 2.36. The molecule has 0 spiro atoms. The van der Waals surface area contributed by atoms with Crippen molar-refractivity contribution in [1.82, 2.24) is 0 Å².